The number of carbonyl (C=O) groups excluding carboxylic acids is 1. The van der Waals surface area contributed by atoms with Crippen molar-refractivity contribution in [2.24, 2.45) is 0 Å². The van der Waals surface area contributed by atoms with Gasteiger partial charge in [0.15, 0.2) is 0 Å². The van der Waals surface area contributed by atoms with Gasteiger partial charge in [0.05, 0.1) is 5.56 Å². The molecule has 0 bridgehead atoms. The van der Waals surface area contributed by atoms with Crippen LogP contribution < -0.4 is 0 Å². The van der Waals surface area contributed by atoms with Crippen molar-refractivity contribution >= 4 is 27.5 Å². The third-order valence-corrected chi connectivity index (χ3v) is 4.49. The number of terminal acetylenes is 1. The Hall–Kier alpha value is -3.57. The number of hydrogen-bond acceptors (Lipinski definition) is 2. The Morgan fingerprint density at radius 3 is 1.81 bits per heavy atom. The van der Waals surface area contributed by atoms with Crippen molar-refractivity contribution in [2.75, 3.05) is 0 Å². The lowest BCUT2D eigenvalue weighted by Crippen LogP contribution is -2.07. The van der Waals surface area contributed by atoms with E-state index in [-0.39, 0.29) is 12.6 Å². The van der Waals surface area contributed by atoms with E-state index in [2.05, 4.69) is 5.92 Å². The van der Waals surface area contributed by atoms with Crippen LogP contribution in [0.15, 0.2) is 78.9 Å². The lowest BCUT2D eigenvalue weighted by molar-refractivity contribution is 0.0477. The van der Waals surface area contributed by atoms with Gasteiger partial charge < -0.3 is 4.74 Å². The summed E-state index contributed by atoms with van der Waals surface area (Å²) in [6, 6.07) is 25.1. The number of benzene rings is 4. The minimum Gasteiger partial charge on any atom is -0.457 e. The van der Waals surface area contributed by atoms with Crippen LogP contribution in [0.5, 0.6) is 0 Å². The molecule has 0 amide bonds. The van der Waals surface area contributed by atoms with Crippen LogP contribution in [0.1, 0.15) is 21.5 Å². The Bertz CT molecular complexity index is 1090. The molecule has 4 aromatic rings. The molecule has 0 radical (unpaired) electrons. The summed E-state index contributed by atoms with van der Waals surface area (Å²) in [6.45, 7) is 0.235. The maximum Gasteiger partial charge on any atom is 0.339 e. The van der Waals surface area contributed by atoms with Crippen molar-refractivity contribution in [1.29, 1.82) is 0 Å². The van der Waals surface area contributed by atoms with E-state index in [0.717, 1.165) is 32.7 Å². The second-order valence-electron chi connectivity index (χ2n) is 6.05. The summed E-state index contributed by atoms with van der Waals surface area (Å²) < 4.78 is 5.61. The zero-order valence-corrected chi connectivity index (χ0v) is 14.1. The van der Waals surface area contributed by atoms with Gasteiger partial charge in [0.25, 0.3) is 0 Å². The first-order chi connectivity index (χ1) is 12.8. The molecule has 2 heteroatoms. The zero-order valence-electron chi connectivity index (χ0n) is 14.1. The summed E-state index contributed by atoms with van der Waals surface area (Å²) in [5, 5.41) is 3.41. The van der Waals surface area contributed by atoms with Crippen molar-refractivity contribution in [3.63, 3.8) is 0 Å². The fourth-order valence-corrected chi connectivity index (χ4v) is 3.30. The molecule has 0 unspecified atom stereocenters. The predicted octanol–water partition coefficient (Wildman–Crippen LogP) is 5.33. The Labute approximate surface area is 152 Å². The summed E-state index contributed by atoms with van der Waals surface area (Å²) in [4.78, 5) is 13.0. The predicted molar refractivity (Wildman–Crippen MR) is 105 cm³/mol. The SMILES string of the molecule is C#Cc1c2ccccc2c(C(=O)OCc2ccccc2)c2ccccc12. The van der Waals surface area contributed by atoms with Gasteiger partial charge in [-0.15, -0.1) is 6.42 Å². The topological polar surface area (TPSA) is 26.3 Å². The molecular weight excluding hydrogens is 320 g/mol. The summed E-state index contributed by atoms with van der Waals surface area (Å²) >= 11 is 0. The first-order valence-corrected chi connectivity index (χ1v) is 8.40. The number of esters is 1. The van der Waals surface area contributed by atoms with Crippen molar-refractivity contribution in [3.8, 4) is 12.3 Å². The van der Waals surface area contributed by atoms with Crippen LogP contribution in [-0.2, 0) is 11.3 Å². The van der Waals surface area contributed by atoms with Crippen molar-refractivity contribution < 1.29 is 9.53 Å². The van der Waals surface area contributed by atoms with E-state index < -0.39 is 0 Å². The van der Waals surface area contributed by atoms with Gasteiger partial charge in [0, 0.05) is 5.56 Å². The van der Waals surface area contributed by atoms with Gasteiger partial charge in [-0.25, -0.2) is 4.79 Å². The van der Waals surface area contributed by atoms with E-state index in [4.69, 9.17) is 11.2 Å². The van der Waals surface area contributed by atoms with Gasteiger partial charge in [0.1, 0.15) is 6.61 Å². The average molecular weight is 336 g/mol. The van der Waals surface area contributed by atoms with Gasteiger partial charge in [-0.3, -0.25) is 0 Å². The zero-order chi connectivity index (χ0) is 17.9. The summed E-state index contributed by atoms with van der Waals surface area (Å²) in [6.07, 6.45) is 5.78. The number of carbonyl (C=O) groups is 1. The third-order valence-electron chi connectivity index (χ3n) is 4.49. The fraction of sp³-hybridized carbons (Fsp3) is 0.0417. The highest BCUT2D eigenvalue weighted by Gasteiger charge is 2.19. The maximum atomic E-state index is 13.0. The number of hydrogen-bond donors (Lipinski definition) is 0. The van der Waals surface area contributed by atoms with Crippen LogP contribution in [0.25, 0.3) is 21.5 Å². The van der Waals surface area contributed by atoms with Crippen molar-refractivity contribution in [2.45, 2.75) is 6.61 Å². The normalized spacial score (nSPS) is 10.6. The summed E-state index contributed by atoms with van der Waals surface area (Å²) in [5.74, 6) is 2.44. The molecular formula is C24H16O2. The average Bonchev–Trinajstić information content (AvgIpc) is 2.71. The molecule has 2 nitrogen and oxygen atoms in total. The summed E-state index contributed by atoms with van der Waals surface area (Å²) in [7, 11) is 0. The molecule has 0 saturated heterocycles. The van der Waals surface area contributed by atoms with Gasteiger partial charge in [-0.05, 0) is 27.1 Å². The molecule has 124 valence electrons. The van der Waals surface area contributed by atoms with E-state index in [9.17, 15) is 4.79 Å². The molecule has 0 heterocycles. The van der Waals surface area contributed by atoms with Gasteiger partial charge >= 0.3 is 5.97 Å². The van der Waals surface area contributed by atoms with Gasteiger partial charge in [0.2, 0.25) is 0 Å². The number of ether oxygens (including phenoxy) is 1. The van der Waals surface area contributed by atoms with Crippen LogP contribution in [0.3, 0.4) is 0 Å². The number of fused-ring (bicyclic) bond motifs is 2. The van der Waals surface area contributed by atoms with Gasteiger partial charge in [-0.2, -0.15) is 0 Å². The smallest absolute Gasteiger partial charge is 0.339 e. The molecule has 0 spiro atoms. The third kappa shape index (κ3) is 2.70. The highest BCUT2D eigenvalue weighted by atomic mass is 16.5. The molecule has 0 aliphatic rings. The molecule has 0 atom stereocenters. The van der Waals surface area contributed by atoms with Crippen molar-refractivity contribution in [3.05, 3.63) is 95.6 Å². The first-order valence-electron chi connectivity index (χ1n) is 8.40. The quantitative estimate of drug-likeness (QED) is 0.287. The molecule has 4 aromatic carbocycles. The van der Waals surface area contributed by atoms with E-state index >= 15 is 0 Å². The lowest BCUT2D eigenvalue weighted by Gasteiger charge is -2.13. The highest BCUT2D eigenvalue weighted by molar-refractivity contribution is 6.19. The standard InChI is InChI=1S/C24H16O2/c1-2-18-19-12-6-8-14-21(19)23(22-15-9-7-13-20(18)22)24(25)26-16-17-10-4-3-5-11-17/h1,3-15H,16H2. The molecule has 4 rings (SSSR count). The van der Waals surface area contributed by atoms with E-state index in [0.29, 0.717) is 5.56 Å². The van der Waals surface area contributed by atoms with Gasteiger partial charge in [-0.1, -0.05) is 84.8 Å². The maximum absolute atomic E-state index is 13.0. The van der Waals surface area contributed by atoms with E-state index in [1.165, 1.54) is 0 Å². The van der Waals surface area contributed by atoms with E-state index in [1.54, 1.807) is 0 Å². The van der Waals surface area contributed by atoms with Crippen LogP contribution in [0.2, 0.25) is 0 Å². The molecule has 0 aliphatic heterocycles. The molecule has 0 saturated carbocycles. The van der Waals surface area contributed by atoms with E-state index in [1.807, 2.05) is 78.9 Å². The monoisotopic (exact) mass is 336 g/mol. The lowest BCUT2D eigenvalue weighted by atomic mass is 9.92. The summed E-state index contributed by atoms with van der Waals surface area (Å²) in [5.41, 5.74) is 2.32. The molecule has 0 N–H and O–H groups in total. The minimum absolute atomic E-state index is 0.235. The Balaban J connectivity index is 1.88. The second-order valence-corrected chi connectivity index (χ2v) is 6.05. The second kappa shape index (κ2) is 6.74. The highest BCUT2D eigenvalue weighted by Crippen LogP contribution is 2.33. The minimum atomic E-state index is -0.343. The first kappa shape index (κ1) is 15.9. The van der Waals surface area contributed by atoms with Crippen LogP contribution >= 0.6 is 0 Å². The molecule has 0 aliphatic carbocycles. The van der Waals surface area contributed by atoms with Crippen molar-refractivity contribution in [1.82, 2.24) is 0 Å². The number of rotatable bonds is 3. The Kier molecular flexibility index (Phi) is 4.13. The Morgan fingerprint density at radius 2 is 1.27 bits per heavy atom. The van der Waals surface area contributed by atoms with Crippen LogP contribution in [-0.4, -0.2) is 5.97 Å². The molecule has 26 heavy (non-hydrogen) atoms. The molecule has 0 aromatic heterocycles. The van der Waals surface area contributed by atoms with Crippen LogP contribution in [0, 0.1) is 12.3 Å². The molecule has 0 fully saturated rings. The fourth-order valence-electron chi connectivity index (χ4n) is 3.30. The Morgan fingerprint density at radius 1 is 0.769 bits per heavy atom. The van der Waals surface area contributed by atoms with Crippen LogP contribution in [0.4, 0.5) is 0 Å². The largest absolute Gasteiger partial charge is 0.457 e.